The van der Waals surface area contributed by atoms with Gasteiger partial charge >= 0.3 is 0 Å². The fraction of sp³-hybridized carbons (Fsp3) is 0.167. The maximum absolute atomic E-state index is 8.76. The van der Waals surface area contributed by atoms with Gasteiger partial charge < -0.3 is 9.52 Å². The van der Waals surface area contributed by atoms with Crippen LogP contribution in [-0.2, 0) is 0 Å². The zero-order valence-corrected chi connectivity index (χ0v) is 4.61. The van der Waals surface area contributed by atoms with Gasteiger partial charge in [-0.3, -0.25) is 0 Å². The summed E-state index contributed by atoms with van der Waals surface area (Å²) in [6, 6.07) is 4.80. The second-order valence-corrected chi connectivity index (χ2v) is 1.55. The molecule has 0 aromatic carbocycles. The van der Waals surface area contributed by atoms with Crippen LogP contribution in [0, 0.1) is 11.3 Å². The highest BCUT2D eigenvalue weighted by molar-refractivity contribution is 5.08. The normalized spacial score (nSPS) is 12.4. The van der Waals surface area contributed by atoms with Crippen LogP contribution in [0.2, 0.25) is 0 Å². The monoisotopic (exact) mass is 123 g/mol. The van der Waals surface area contributed by atoms with Crippen LogP contribution in [0.1, 0.15) is 11.9 Å². The summed E-state index contributed by atoms with van der Waals surface area (Å²) >= 11 is 0. The highest BCUT2D eigenvalue weighted by atomic mass is 16.4. The van der Waals surface area contributed by atoms with Crippen molar-refractivity contribution in [2.75, 3.05) is 0 Å². The standard InChI is InChI=1S/C6H5NO2/c7-4-5(8)6-2-1-3-9-6/h1-3,5,8H/t5-/m0/s1. The predicted molar refractivity (Wildman–Crippen MR) is 29.3 cm³/mol. The summed E-state index contributed by atoms with van der Waals surface area (Å²) < 4.78 is 4.71. The van der Waals surface area contributed by atoms with Crippen molar-refractivity contribution in [2.24, 2.45) is 0 Å². The molecule has 0 aliphatic rings. The Labute approximate surface area is 52.1 Å². The number of nitriles is 1. The second kappa shape index (κ2) is 2.33. The average Bonchev–Trinajstić information content (AvgIpc) is 2.37. The molecule has 3 nitrogen and oxygen atoms in total. The molecule has 1 aromatic rings. The number of furan rings is 1. The molecule has 0 saturated carbocycles. The van der Waals surface area contributed by atoms with Crippen molar-refractivity contribution in [2.45, 2.75) is 6.10 Å². The molecular weight excluding hydrogens is 118 g/mol. The maximum Gasteiger partial charge on any atom is 0.198 e. The third kappa shape index (κ3) is 1.09. The van der Waals surface area contributed by atoms with Crippen LogP contribution in [-0.4, -0.2) is 5.11 Å². The van der Waals surface area contributed by atoms with Gasteiger partial charge in [0, 0.05) is 0 Å². The number of aliphatic hydroxyl groups is 1. The first kappa shape index (κ1) is 5.86. The van der Waals surface area contributed by atoms with Crippen LogP contribution >= 0.6 is 0 Å². The number of rotatable bonds is 1. The molecule has 3 heteroatoms. The lowest BCUT2D eigenvalue weighted by Crippen LogP contribution is -1.88. The van der Waals surface area contributed by atoms with Crippen LogP contribution in [0.4, 0.5) is 0 Å². The van der Waals surface area contributed by atoms with Crippen LogP contribution < -0.4 is 0 Å². The number of aliphatic hydroxyl groups excluding tert-OH is 1. The van der Waals surface area contributed by atoms with Crippen molar-refractivity contribution in [1.82, 2.24) is 0 Å². The first-order valence-electron chi connectivity index (χ1n) is 2.45. The van der Waals surface area contributed by atoms with Gasteiger partial charge in [-0.1, -0.05) is 0 Å². The van der Waals surface area contributed by atoms with Crippen LogP contribution in [0.15, 0.2) is 22.8 Å². The molecule has 9 heavy (non-hydrogen) atoms. The molecule has 0 radical (unpaired) electrons. The van der Waals surface area contributed by atoms with Crippen LogP contribution in [0.5, 0.6) is 0 Å². The van der Waals surface area contributed by atoms with E-state index in [1.165, 1.54) is 6.26 Å². The minimum Gasteiger partial charge on any atom is -0.465 e. The first-order chi connectivity index (χ1) is 4.34. The van der Waals surface area contributed by atoms with E-state index in [0.29, 0.717) is 0 Å². The van der Waals surface area contributed by atoms with E-state index >= 15 is 0 Å². The van der Waals surface area contributed by atoms with Crippen molar-refractivity contribution < 1.29 is 9.52 Å². The summed E-state index contributed by atoms with van der Waals surface area (Å²) in [5.74, 6) is 0.289. The molecule has 0 bridgehead atoms. The molecule has 0 aliphatic carbocycles. The van der Waals surface area contributed by atoms with Crippen molar-refractivity contribution in [3.63, 3.8) is 0 Å². The van der Waals surface area contributed by atoms with Crippen molar-refractivity contribution in [1.29, 1.82) is 5.26 Å². The minimum absolute atomic E-state index is 0.289. The van der Waals surface area contributed by atoms with Crippen molar-refractivity contribution in [3.8, 4) is 6.07 Å². The Balaban J connectivity index is 2.80. The Bertz CT molecular complexity index is 209. The minimum atomic E-state index is -1.13. The second-order valence-electron chi connectivity index (χ2n) is 1.55. The Morgan fingerprint density at radius 2 is 2.56 bits per heavy atom. The van der Waals surface area contributed by atoms with Gasteiger partial charge in [0.1, 0.15) is 11.8 Å². The van der Waals surface area contributed by atoms with E-state index in [-0.39, 0.29) is 5.76 Å². The zero-order valence-electron chi connectivity index (χ0n) is 4.61. The summed E-state index contributed by atoms with van der Waals surface area (Å²) in [5, 5.41) is 16.9. The van der Waals surface area contributed by atoms with E-state index in [0.717, 1.165) is 0 Å². The van der Waals surface area contributed by atoms with Gasteiger partial charge in [-0.25, -0.2) is 0 Å². The van der Waals surface area contributed by atoms with Gasteiger partial charge in [-0.05, 0) is 12.1 Å². The molecular formula is C6H5NO2. The Morgan fingerprint density at radius 3 is 3.00 bits per heavy atom. The van der Waals surface area contributed by atoms with E-state index in [1.807, 2.05) is 0 Å². The third-order valence-corrected chi connectivity index (χ3v) is 0.935. The molecule has 1 aromatic heterocycles. The molecule has 1 atom stereocenters. The lowest BCUT2D eigenvalue weighted by Gasteiger charge is -1.91. The lowest BCUT2D eigenvalue weighted by atomic mass is 10.3. The van der Waals surface area contributed by atoms with Gasteiger partial charge in [-0.2, -0.15) is 5.26 Å². The Morgan fingerprint density at radius 1 is 1.78 bits per heavy atom. The molecule has 0 aliphatic heterocycles. The Hall–Kier alpha value is -1.27. The maximum atomic E-state index is 8.76. The summed E-state index contributed by atoms with van der Waals surface area (Å²) in [7, 11) is 0. The highest BCUT2D eigenvalue weighted by Crippen LogP contribution is 2.10. The van der Waals surface area contributed by atoms with Crippen LogP contribution in [0.3, 0.4) is 0 Å². The van der Waals surface area contributed by atoms with Gasteiger partial charge in [0.15, 0.2) is 6.10 Å². The Kier molecular flexibility index (Phi) is 1.52. The molecule has 1 rings (SSSR count). The summed E-state index contributed by atoms with van der Waals surface area (Å²) in [4.78, 5) is 0. The van der Waals surface area contributed by atoms with Crippen molar-refractivity contribution >= 4 is 0 Å². The highest BCUT2D eigenvalue weighted by Gasteiger charge is 2.06. The topological polar surface area (TPSA) is 57.2 Å². The third-order valence-electron chi connectivity index (χ3n) is 0.935. The molecule has 0 fully saturated rings. The molecule has 46 valence electrons. The van der Waals surface area contributed by atoms with Crippen LogP contribution in [0.25, 0.3) is 0 Å². The zero-order chi connectivity index (χ0) is 6.69. The quantitative estimate of drug-likeness (QED) is 0.563. The lowest BCUT2D eigenvalue weighted by molar-refractivity contribution is 0.204. The molecule has 1 N–H and O–H groups in total. The molecule has 0 amide bonds. The van der Waals surface area contributed by atoms with E-state index in [2.05, 4.69) is 0 Å². The summed E-state index contributed by atoms with van der Waals surface area (Å²) in [6.07, 6.45) is 0.288. The van der Waals surface area contributed by atoms with Gasteiger partial charge in [0.25, 0.3) is 0 Å². The van der Waals surface area contributed by atoms with E-state index in [1.54, 1.807) is 18.2 Å². The number of hydrogen-bond donors (Lipinski definition) is 1. The fourth-order valence-corrected chi connectivity index (χ4v) is 0.510. The smallest absolute Gasteiger partial charge is 0.198 e. The van der Waals surface area contributed by atoms with Gasteiger partial charge in [-0.15, -0.1) is 0 Å². The SMILES string of the molecule is N#C[C@H](O)c1ccco1. The molecule has 0 spiro atoms. The first-order valence-corrected chi connectivity index (χ1v) is 2.45. The van der Waals surface area contributed by atoms with E-state index < -0.39 is 6.10 Å². The number of hydrogen-bond acceptors (Lipinski definition) is 3. The summed E-state index contributed by atoms with van der Waals surface area (Å²) in [5.41, 5.74) is 0. The summed E-state index contributed by atoms with van der Waals surface area (Å²) in [6.45, 7) is 0. The predicted octanol–water partition coefficient (Wildman–Crippen LogP) is 0.837. The van der Waals surface area contributed by atoms with Gasteiger partial charge in [0.05, 0.1) is 6.26 Å². The van der Waals surface area contributed by atoms with Gasteiger partial charge in [0.2, 0.25) is 0 Å². The number of nitrogens with zero attached hydrogens (tertiary/aromatic N) is 1. The molecule has 1 heterocycles. The largest absolute Gasteiger partial charge is 0.465 e. The molecule has 0 unspecified atom stereocenters. The van der Waals surface area contributed by atoms with E-state index in [9.17, 15) is 0 Å². The van der Waals surface area contributed by atoms with E-state index in [4.69, 9.17) is 14.8 Å². The fourth-order valence-electron chi connectivity index (χ4n) is 0.510. The molecule has 0 saturated heterocycles. The van der Waals surface area contributed by atoms with Crippen molar-refractivity contribution in [3.05, 3.63) is 24.2 Å². The average molecular weight is 123 g/mol.